The van der Waals surface area contributed by atoms with Gasteiger partial charge in [0.25, 0.3) is 10.0 Å². The smallest absolute Gasteiger partial charge is 0.303 e. The Morgan fingerprint density at radius 1 is 1.14 bits per heavy atom. The van der Waals surface area contributed by atoms with Crippen molar-refractivity contribution in [1.29, 1.82) is 0 Å². The summed E-state index contributed by atoms with van der Waals surface area (Å²) >= 11 is 0. The molecule has 21 heavy (non-hydrogen) atoms. The van der Waals surface area contributed by atoms with Gasteiger partial charge < -0.3 is 5.11 Å². The zero-order chi connectivity index (χ0) is 15.3. The summed E-state index contributed by atoms with van der Waals surface area (Å²) in [7, 11) is -3.55. The molecule has 0 atom stereocenters. The van der Waals surface area contributed by atoms with Gasteiger partial charge in [0.15, 0.2) is 0 Å². The normalized spacial score (nSPS) is 16.8. The first-order valence-electron chi connectivity index (χ1n) is 7.05. The fourth-order valence-electron chi connectivity index (χ4n) is 2.29. The van der Waals surface area contributed by atoms with Crippen LogP contribution in [0.25, 0.3) is 0 Å². The van der Waals surface area contributed by atoms with Gasteiger partial charge >= 0.3 is 5.97 Å². The second kappa shape index (κ2) is 7.02. The van der Waals surface area contributed by atoms with E-state index in [0.717, 1.165) is 37.9 Å². The highest BCUT2D eigenvalue weighted by Gasteiger charge is 2.19. The number of hydrogen-bond acceptors (Lipinski definition) is 4. The Hall–Kier alpha value is -1.44. The molecular formula is C14H20N2O4S. The molecule has 0 saturated carbocycles. The Kier molecular flexibility index (Phi) is 5.33. The molecule has 0 unspecified atom stereocenters. The first-order chi connectivity index (χ1) is 9.97. The molecule has 1 aromatic carbocycles. The molecule has 0 bridgehead atoms. The van der Waals surface area contributed by atoms with Gasteiger partial charge in [-0.1, -0.05) is 18.6 Å². The van der Waals surface area contributed by atoms with Crippen molar-refractivity contribution >= 4 is 16.0 Å². The molecule has 0 spiro atoms. The molecule has 1 heterocycles. The monoisotopic (exact) mass is 312 g/mol. The summed E-state index contributed by atoms with van der Waals surface area (Å²) in [6.45, 7) is 1.46. The summed E-state index contributed by atoms with van der Waals surface area (Å²) in [6.07, 6.45) is 3.57. The third-order valence-electron chi connectivity index (χ3n) is 3.47. The predicted octanol–water partition coefficient (Wildman–Crippen LogP) is 1.38. The largest absolute Gasteiger partial charge is 0.481 e. The Labute approximate surface area is 124 Å². The third kappa shape index (κ3) is 4.80. The third-order valence-corrected chi connectivity index (χ3v) is 4.86. The van der Waals surface area contributed by atoms with E-state index in [2.05, 4.69) is 4.83 Å². The van der Waals surface area contributed by atoms with Crippen molar-refractivity contribution in [2.24, 2.45) is 0 Å². The molecule has 1 aromatic rings. The van der Waals surface area contributed by atoms with Gasteiger partial charge in [0.05, 0.1) is 4.90 Å². The predicted molar refractivity (Wildman–Crippen MR) is 78.1 cm³/mol. The zero-order valence-electron chi connectivity index (χ0n) is 11.8. The van der Waals surface area contributed by atoms with Gasteiger partial charge in [-0.25, -0.2) is 13.4 Å². The fourth-order valence-corrected chi connectivity index (χ4v) is 3.42. The minimum atomic E-state index is -3.55. The Morgan fingerprint density at radius 2 is 1.76 bits per heavy atom. The molecule has 1 aliphatic rings. The van der Waals surface area contributed by atoms with Crippen molar-refractivity contribution in [1.82, 2.24) is 9.84 Å². The van der Waals surface area contributed by atoms with E-state index in [1.54, 1.807) is 17.1 Å². The summed E-state index contributed by atoms with van der Waals surface area (Å²) in [5.41, 5.74) is 0.814. The minimum absolute atomic E-state index is 0.0398. The lowest BCUT2D eigenvalue weighted by Crippen LogP contribution is -2.44. The maximum Gasteiger partial charge on any atom is 0.303 e. The summed E-state index contributed by atoms with van der Waals surface area (Å²) in [4.78, 5) is 13.3. The van der Waals surface area contributed by atoms with Crippen molar-refractivity contribution in [2.75, 3.05) is 13.1 Å². The molecule has 0 aliphatic carbocycles. The number of nitrogens with one attached hydrogen (secondary N) is 1. The van der Waals surface area contributed by atoms with Gasteiger partial charge in [0.2, 0.25) is 0 Å². The van der Waals surface area contributed by atoms with E-state index in [9.17, 15) is 13.2 Å². The summed E-state index contributed by atoms with van der Waals surface area (Å²) in [6, 6.07) is 6.36. The van der Waals surface area contributed by atoms with Gasteiger partial charge in [0.1, 0.15) is 0 Å². The molecule has 0 radical (unpaired) electrons. The number of rotatable bonds is 6. The number of aliphatic carboxylic acids is 1. The van der Waals surface area contributed by atoms with E-state index in [1.165, 1.54) is 12.1 Å². The molecule has 2 rings (SSSR count). The summed E-state index contributed by atoms with van der Waals surface area (Å²) < 4.78 is 24.5. The number of carbonyl (C=O) groups is 1. The van der Waals surface area contributed by atoms with Crippen molar-refractivity contribution in [2.45, 2.75) is 37.0 Å². The number of aryl methyl sites for hydroxylation is 1. The number of hydrogen-bond donors (Lipinski definition) is 2. The van der Waals surface area contributed by atoms with Crippen LogP contribution in [0.5, 0.6) is 0 Å². The number of piperidine rings is 1. The van der Waals surface area contributed by atoms with Crippen molar-refractivity contribution in [3.8, 4) is 0 Å². The number of hydrazine groups is 1. The lowest BCUT2D eigenvalue weighted by molar-refractivity contribution is -0.136. The van der Waals surface area contributed by atoms with Gasteiger partial charge in [0, 0.05) is 19.5 Å². The zero-order valence-corrected chi connectivity index (χ0v) is 12.6. The van der Waals surface area contributed by atoms with Crippen LogP contribution in [0.1, 0.15) is 31.2 Å². The fraction of sp³-hybridized carbons (Fsp3) is 0.500. The quantitative estimate of drug-likeness (QED) is 0.829. The molecule has 2 N–H and O–H groups in total. The van der Waals surface area contributed by atoms with Crippen LogP contribution in [-0.4, -0.2) is 37.6 Å². The maximum atomic E-state index is 12.2. The molecule has 1 saturated heterocycles. The van der Waals surface area contributed by atoms with Gasteiger partial charge in [-0.3, -0.25) is 4.79 Å². The number of benzene rings is 1. The molecule has 0 amide bonds. The van der Waals surface area contributed by atoms with Crippen LogP contribution in [0, 0.1) is 0 Å². The van der Waals surface area contributed by atoms with Crippen LogP contribution in [-0.2, 0) is 21.2 Å². The van der Waals surface area contributed by atoms with E-state index in [4.69, 9.17) is 5.11 Å². The van der Waals surface area contributed by atoms with Crippen molar-refractivity contribution in [3.05, 3.63) is 29.8 Å². The Bertz CT molecular complexity index is 577. The summed E-state index contributed by atoms with van der Waals surface area (Å²) in [5, 5.41) is 10.4. The highest BCUT2D eigenvalue weighted by atomic mass is 32.2. The standard InChI is InChI=1S/C14H20N2O4S/c17-14(18)9-6-12-4-7-13(8-5-12)21(19,20)15-16-10-2-1-3-11-16/h4-5,7-8,15H,1-3,6,9-11H2,(H,17,18). The lowest BCUT2D eigenvalue weighted by atomic mass is 10.1. The van der Waals surface area contributed by atoms with E-state index in [1.807, 2.05) is 0 Å². The average molecular weight is 312 g/mol. The number of carboxylic acids is 1. The van der Waals surface area contributed by atoms with Crippen LogP contribution < -0.4 is 4.83 Å². The van der Waals surface area contributed by atoms with Crippen molar-refractivity contribution in [3.63, 3.8) is 0 Å². The second-order valence-electron chi connectivity index (χ2n) is 5.18. The maximum absolute atomic E-state index is 12.2. The lowest BCUT2D eigenvalue weighted by Gasteiger charge is -2.26. The molecule has 116 valence electrons. The van der Waals surface area contributed by atoms with Crippen LogP contribution in [0.3, 0.4) is 0 Å². The van der Waals surface area contributed by atoms with Crippen LogP contribution in [0.2, 0.25) is 0 Å². The van der Waals surface area contributed by atoms with Crippen LogP contribution in [0.15, 0.2) is 29.2 Å². The molecule has 1 aliphatic heterocycles. The van der Waals surface area contributed by atoms with Gasteiger partial charge in [-0.05, 0) is 37.0 Å². The molecule has 0 aromatic heterocycles. The van der Waals surface area contributed by atoms with Gasteiger partial charge in [-0.2, -0.15) is 0 Å². The topological polar surface area (TPSA) is 86.7 Å². The van der Waals surface area contributed by atoms with E-state index in [0.29, 0.717) is 6.42 Å². The van der Waals surface area contributed by atoms with Crippen LogP contribution in [0.4, 0.5) is 0 Å². The first kappa shape index (κ1) is 15.9. The number of carboxylic acid groups (broad SMARTS) is 1. The molecular weight excluding hydrogens is 292 g/mol. The summed E-state index contributed by atoms with van der Waals surface area (Å²) in [5.74, 6) is -0.863. The number of nitrogens with zero attached hydrogens (tertiary/aromatic N) is 1. The number of sulfonamides is 1. The van der Waals surface area contributed by atoms with Crippen LogP contribution >= 0.6 is 0 Å². The van der Waals surface area contributed by atoms with E-state index < -0.39 is 16.0 Å². The SMILES string of the molecule is O=C(O)CCc1ccc(S(=O)(=O)NN2CCCCC2)cc1. The first-order valence-corrected chi connectivity index (χ1v) is 8.54. The van der Waals surface area contributed by atoms with E-state index >= 15 is 0 Å². The molecule has 7 heteroatoms. The second-order valence-corrected chi connectivity index (χ2v) is 6.84. The van der Waals surface area contributed by atoms with E-state index in [-0.39, 0.29) is 11.3 Å². The molecule has 6 nitrogen and oxygen atoms in total. The Balaban J connectivity index is 2.00. The highest BCUT2D eigenvalue weighted by Crippen LogP contribution is 2.14. The Morgan fingerprint density at radius 3 is 2.33 bits per heavy atom. The van der Waals surface area contributed by atoms with Crippen molar-refractivity contribution < 1.29 is 18.3 Å². The highest BCUT2D eigenvalue weighted by molar-refractivity contribution is 7.89. The minimum Gasteiger partial charge on any atom is -0.481 e. The average Bonchev–Trinajstić information content (AvgIpc) is 2.46. The van der Waals surface area contributed by atoms with Gasteiger partial charge in [-0.15, -0.1) is 4.83 Å². The molecule has 1 fully saturated rings.